The van der Waals surface area contributed by atoms with Crippen LogP contribution in [0.2, 0.25) is 0 Å². The summed E-state index contributed by atoms with van der Waals surface area (Å²) < 4.78 is 0. The normalized spacial score (nSPS) is 22.8. The Morgan fingerprint density at radius 3 is 2.33 bits per heavy atom. The van der Waals surface area contributed by atoms with Gasteiger partial charge in [-0.15, -0.1) is 0 Å². The molecule has 0 amide bonds. The molecule has 1 unspecified atom stereocenters. The van der Waals surface area contributed by atoms with Crippen molar-refractivity contribution in [3.8, 4) is 0 Å². The molecule has 0 radical (unpaired) electrons. The van der Waals surface area contributed by atoms with Crippen LogP contribution in [-0.2, 0) is 0 Å². The van der Waals surface area contributed by atoms with Crippen molar-refractivity contribution in [2.75, 3.05) is 6.54 Å². The van der Waals surface area contributed by atoms with E-state index in [-0.39, 0.29) is 5.54 Å². The first-order valence-electron chi connectivity index (χ1n) is 5.12. The second-order valence-electron chi connectivity index (χ2n) is 4.29. The molecule has 2 heteroatoms. The van der Waals surface area contributed by atoms with Crippen LogP contribution in [0, 0.1) is 5.92 Å². The topological polar surface area (TPSA) is 38.0 Å². The molecule has 0 bridgehead atoms. The van der Waals surface area contributed by atoms with Gasteiger partial charge in [0.05, 0.1) is 0 Å². The van der Waals surface area contributed by atoms with E-state index < -0.39 is 0 Å². The van der Waals surface area contributed by atoms with Crippen LogP contribution in [-0.4, -0.2) is 18.1 Å². The maximum Gasteiger partial charge on any atom is 0.0331 e. The van der Waals surface area contributed by atoms with E-state index in [2.05, 4.69) is 26.1 Å². The highest BCUT2D eigenvalue weighted by atomic mass is 15.0. The predicted molar refractivity (Wildman–Crippen MR) is 53.1 cm³/mol. The van der Waals surface area contributed by atoms with Gasteiger partial charge in [0.25, 0.3) is 0 Å². The van der Waals surface area contributed by atoms with Crippen molar-refractivity contribution < 1.29 is 0 Å². The summed E-state index contributed by atoms with van der Waals surface area (Å²) in [5, 5.41) is 3.63. The number of nitrogens with one attached hydrogen (secondary N) is 1. The third-order valence-electron chi connectivity index (χ3n) is 2.93. The first-order chi connectivity index (χ1) is 5.64. The molecule has 1 fully saturated rings. The van der Waals surface area contributed by atoms with Gasteiger partial charge in [0.15, 0.2) is 0 Å². The first kappa shape index (κ1) is 10.0. The predicted octanol–water partition coefficient (Wildman–Crippen LogP) is 1.50. The molecule has 0 spiro atoms. The molecule has 0 saturated heterocycles. The summed E-state index contributed by atoms with van der Waals surface area (Å²) in [6.45, 7) is 7.41. The van der Waals surface area contributed by atoms with Crippen LogP contribution < -0.4 is 11.1 Å². The lowest BCUT2D eigenvalue weighted by atomic mass is 9.89. The Kier molecular flexibility index (Phi) is 3.13. The molecular formula is C10H22N2. The van der Waals surface area contributed by atoms with Gasteiger partial charge < -0.3 is 11.1 Å². The average Bonchev–Trinajstić information content (AvgIpc) is 2.82. The van der Waals surface area contributed by atoms with Gasteiger partial charge in [-0.2, -0.15) is 0 Å². The van der Waals surface area contributed by atoms with Crippen LogP contribution in [0.1, 0.15) is 40.0 Å². The van der Waals surface area contributed by atoms with Gasteiger partial charge in [0.1, 0.15) is 0 Å². The van der Waals surface area contributed by atoms with Crippen molar-refractivity contribution in [2.45, 2.75) is 51.6 Å². The van der Waals surface area contributed by atoms with Crippen molar-refractivity contribution in [1.29, 1.82) is 0 Å². The summed E-state index contributed by atoms with van der Waals surface area (Å²) in [5.74, 6) is 0.842. The molecule has 72 valence electrons. The summed E-state index contributed by atoms with van der Waals surface area (Å²) >= 11 is 0. The van der Waals surface area contributed by atoms with Gasteiger partial charge in [-0.05, 0) is 25.2 Å². The molecule has 1 aliphatic carbocycles. The number of nitrogens with two attached hydrogens (primary N) is 1. The molecule has 1 saturated carbocycles. The Balaban J connectivity index is 2.55. The minimum Gasteiger partial charge on any atom is -0.329 e. The summed E-state index contributed by atoms with van der Waals surface area (Å²) in [7, 11) is 0. The largest absolute Gasteiger partial charge is 0.329 e. The van der Waals surface area contributed by atoms with Crippen LogP contribution >= 0.6 is 0 Å². The summed E-state index contributed by atoms with van der Waals surface area (Å²) in [6.07, 6.45) is 3.89. The van der Waals surface area contributed by atoms with Crippen molar-refractivity contribution in [1.82, 2.24) is 5.32 Å². The number of hydrogen-bond acceptors (Lipinski definition) is 2. The molecular weight excluding hydrogens is 148 g/mol. The van der Waals surface area contributed by atoms with Crippen LogP contribution in [0.4, 0.5) is 0 Å². The van der Waals surface area contributed by atoms with Crippen LogP contribution in [0.5, 0.6) is 0 Å². The first-order valence-corrected chi connectivity index (χ1v) is 5.12. The van der Waals surface area contributed by atoms with E-state index in [9.17, 15) is 0 Å². The van der Waals surface area contributed by atoms with Crippen LogP contribution in [0.3, 0.4) is 0 Å². The fourth-order valence-electron chi connectivity index (χ4n) is 2.09. The molecule has 1 atom stereocenters. The Hall–Kier alpha value is -0.0800. The monoisotopic (exact) mass is 170 g/mol. The Bertz CT molecular complexity index is 135. The highest BCUT2D eigenvalue weighted by Crippen LogP contribution is 2.41. The third kappa shape index (κ3) is 1.99. The average molecular weight is 170 g/mol. The van der Waals surface area contributed by atoms with Crippen LogP contribution in [0.25, 0.3) is 0 Å². The zero-order chi connectivity index (χ0) is 9.19. The maximum atomic E-state index is 5.85. The Labute approximate surface area is 75.9 Å². The fourth-order valence-corrected chi connectivity index (χ4v) is 2.09. The molecule has 0 aromatic heterocycles. The molecule has 0 aromatic rings. The number of rotatable bonds is 5. The minimum atomic E-state index is 0.244. The van der Waals surface area contributed by atoms with E-state index >= 15 is 0 Å². The van der Waals surface area contributed by atoms with E-state index in [0.717, 1.165) is 18.9 Å². The van der Waals surface area contributed by atoms with Crippen molar-refractivity contribution in [3.63, 3.8) is 0 Å². The SMILES string of the molecule is CCC(CN)(NC(C)C)C1CC1. The zero-order valence-corrected chi connectivity index (χ0v) is 8.56. The quantitative estimate of drug-likeness (QED) is 0.656. The lowest BCUT2D eigenvalue weighted by molar-refractivity contribution is 0.258. The molecule has 0 aliphatic heterocycles. The van der Waals surface area contributed by atoms with Crippen molar-refractivity contribution >= 4 is 0 Å². The summed E-state index contributed by atoms with van der Waals surface area (Å²) in [5.41, 5.74) is 6.09. The lowest BCUT2D eigenvalue weighted by Crippen LogP contribution is -2.55. The third-order valence-corrected chi connectivity index (χ3v) is 2.93. The smallest absolute Gasteiger partial charge is 0.0331 e. The maximum absolute atomic E-state index is 5.85. The van der Waals surface area contributed by atoms with E-state index in [0.29, 0.717) is 6.04 Å². The molecule has 0 aromatic carbocycles. The van der Waals surface area contributed by atoms with E-state index in [1.54, 1.807) is 0 Å². The Morgan fingerprint density at radius 2 is 2.08 bits per heavy atom. The minimum absolute atomic E-state index is 0.244. The highest BCUT2D eigenvalue weighted by Gasteiger charge is 2.42. The molecule has 2 nitrogen and oxygen atoms in total. The fraction of sp³-hybridized carbons (Fsp3) is 1.00. The van der Waals surface area contributed by atoms with Gasteiger partial charge in [-0.25, -0.2) is 0 Å². The molecule has 1 aliphatic rings. The van der Waals surface area contributed by atoms with Crippen molar-refractivity contribution in [2.24, 2.45) is 11.7 Å². The Morgan fingerprint density at radius 1 is 1.50 bits per heavy atom. The molecule has 12 heavy (non-hydrogen) atoms. The summed E-state index contributed by atoms with van der Waals surface area (Å²) in [4.78, 5) is 0. The second-order valence-corrected chi connectivity index (χ2v) is 4.29. The van der Waals surface area contributed by atoms with Gasteiger partial charge in [0.2, 0.25) is 0 Å². The standard InChI is InChI=1S/C10H22N2/c1-4-10(7-11,9-5-6-9)12-8(2)3/h8-9,12H,4-7,11H2,1-3H3. The summed E-state index contributed by atoms with van der Waals surface area (Å²) in [6, 6.07) is 0.550. The second kappa shape index (κ2) is 3.75. The zero-order valence-electron chi connectivity index (χ0n) is 8.56. The van der Waals surface area contributed by atoms with Crippen LogP contribution in [0.15, 0.2) is 0 Å². The van der Waals surface area contributed by atoms with E-state index in [4.69, 9.17) is 5.73 Å². The molecule has 1 rings (SSSR count). The van der Waals surface area contributed by atoms with Gasteiger partial charge in [0, 0.05) is 18.1 Å². The van der Waals surface area contributed by atoms with Crippen molar-refractivity contribution in [3.05, 3.63) is 0 Å². The molecule has 3 N–H and O–H groups in total. The van der Waals surface area contributed by atoms with E-state index in [1.807, 2.05) is 0 Å². The number of hydrogen-bond donors (Lipinski definition) is 2. The van der Waals surface area contributed by atoms with E-state index in [1.165, 1.54) is 12.8 Å². The molecule has 0 heterocycles. The van der Waals surface area contributed by atoms with Gasteiger partial charge in [-0.1, -0.05) is 20.8 Å². The highest BCUT2D eigenvalue weighted by molar-refractivity contribution is 5.01. The van der Waals surface area contributed by atoms with Gasteiger partial charge >= 0.3 is 0 Å². The lowest BCUT2D eigenvalue weighted by Gasteiger charge is -2.35. The van der Waals surface area contributed by atoms with Gasteiger partial charge in [-0.3, -0.25) is 0 Å².